The van der Waals surface area contributed by atoms with Crippen molar-refractivity contribution in [1.29, 1.82) is 0 Å². The molecule has 10 heteroatoms. The zero-order valence-corrected chi connectivity index (χ0v) is 14.2. The van der Waals surface area contributed by atoms with Gasteiger partial charge in [-0.3, -0.25) is 4.79 Å². The Kier molecular flexibility index (Phi) is 5.52. The highest BCUT2D eigenvalue weighted by atomic mass is 32.2. The first-order valence-electron chi connectivity index (χ1n) is 6.94. The molecule has 0 fully saturated rings. The number of hydrogen-bond acceptors (Lipinski definition) is 8. The van der Waals surface area contributed by atoms with Crippen LogP contribution < -0.4 is 9.46 Å². The summed E-state index contributed by atoms with van der Waals surface area (Å²) in [4.78, 5) is 15.8. The Morgan fingerprint density at radius 2 is 2.00 bits per heavy atom. The summed E-state index contributed by atoms with van der Waals surface area (Å²) in [6.45, 7) is 2.77. The highest BCUT2D eigenvalue weighted by Gasteiger charge is 2.23. The summed E-state index contributed by atoms with van der Waals surface area (Å²) < 4.78 is 41.4. The topological polar surface area (TPSA) is 121 Å². The van der Waals surface area contributed by atoms with Crippen LogP contribution in [-0.4, -0.2) is 37.7 Å². The summed E-state index contributed by atoms with van der Waals surface area (Å²) in [6, 6.07) is 4.69. The lowest BCUT2D eigenvalue weighted by molar-refractivity contribution is -0.147. The predicted molar refractivity (Wildman–Crippen MR) is 81.6 cm³/mol. The van der Waals surface area contributed by atoms with Crippen molar-refractivity contribution in [3.05, 3.63) is 36.0 Å². The number of rotatable bonds is 7. The molecule has 0 aliphatic rings. The second-order valence-corrected chi connectivity index (χ2v) is 6.58. The molecule has 1 aromatic carbocycles. The summed E-state index contributed by atoms with van der Waals surface area (Å²) >= 11 is 0. The van der Waals surface area contributed by atoms with Crippen molar-refractivity contribution in [2.24, 2.45) is 0 Å². The largest absolute Gasteiger partial charge is 0.497 e. The first-order chi connectivity index (χ1) is 11.3. The third-order valence-corrected chi connectivity index (χ3v) is 4.52. The van der Waals surface area contributed by atoms with Crippen molar-refractivity contribution >= 4 is 16.0 Å². The number of benzene rings is 1. The molecule has 1 atom stereocenters. The average Bonchev–Trinajstić information content (AvgIpc) is 2.97. The fraction of sp³-hybridized carbons (Fsp3) is 0.357. The molecule has 0 spiro atoms. The lowest BCUT2D eigenvalue weighted by Gasteiger charge is -2.13. The molecule has 130 valence electrons. The van der Waals surface area contributed by atoms with Crippen LogP contribution in [0.2, 0.25) is 0 Å². The van der Waals surface area contributed by atoms with Gasteiger partial charge in [0, 0.05) is 0 Å². The SMILES string of the molecule is COc1ccc(S(=O)(=O)NC(C)C(=O)OCc2nc(C)no2)cc1. The molecule has 2 rings (SSSR count). The number of sulfonamides is 1. The second-order valence-electron chi connectivity index (χ2n) is 4.86. The molecule has 1 aromatic heterocycles. The van der Waals surface area contributed by atoms with Gasteiger partial charge in [-0.15, -0.1) is 0 Å². The van der Waals surface area contributed by atoms with Gasteiger partial charge in [0.2, 0.25) is 10.0 Å². The molecule has 0 amide bonds. The molecule has 2 aromatic rings. The minimum atomic E-state index is -3.87. The Morgan fingerprint density at radius 3 is 2.54 bits per heavy atom. The second kappa shape index (κ2) is 7.41. The van der Waals surface area contributed by atoms with Crippen molar-refractivity contribution < 1.29 is 27.2 Å². The smallest absolute Gasteiger partial charge is 0.324 e. The van der Waals surface area contributed by atoms with E-state index in [0.29, 0.717) is 11.6 Å². The van der Waals surface area contributed by atoms with Gasteiger partial charge in [-0.25, -0.2) is 8.42 Å². The van der Waals surface area contributed by atoms with Crippen LogP contribution in [0.3, 0.4) is 0 Å². The molecule has 0 bridgehead atoms. The Hall–Kier alpha value is -2.46. The van der Waals surface area contributed by atoms with Gasteiger partial charge < -0.3 is 14.0 Å². The number of aryl methyl sites for hydroxylation is 1. The van der Waals surface area contributed by atoms with Crippen LogP contribution in [0.4, 0.5) is 0 Å². The van der Waals surface area contributed by atoms with E-state index in [0.717, 1.165) is 0 Å². The van der Waals surface area contributed by atoms with E-state index in [9.17, 15) is 13.2 Å². The summed E-state index contributed by atoms with van der Waals surface area (Å²) in [7, 11) is -2.39. The number of nitrogens with one attached hydrogen (secondary N) is 1. The monoisotopic (exact) mass is 355 g/mol. The maximum atomic E-state index is 12.2. The van der Waals surface area contributed by atoms with E-state index in [1.54, 1.807) is 6.92 Å². The number of ether oxygens (including phenoxy) is 2. The highest BCUT2D eigenvalue weighted by Crippen LogP contribution is 2.15. The molecular weight excluding hydrogens is 338 g/mol. The molecule has 0 aliphatic heterocycles. The van der Waals surface area contributed by atoms with Gasteiger partial charge in [-0.2, -0.15) is 9.71 Å². The maximum absolute atomic E-state index is 12.2. The highest BCUT2D eigenvalue weighted by molar-refractivity contribution is 7.89. The third-order valence-electron chi connectivity index (χ3n) is 2.96. The Bertz CT molecular complexity index is 800. The molecule has 1 heterocycles. The van der Waals surface area contributed by atoms with E-state index >= 15 is 0 Å². The minimum absolute atomic E-state index is 0.00970. The molecule has 9 nitrogen and oxygen atoms in total. The summed E-state index contributed by atoms with van der Waals surface area (Å²) in [6.07, 6.45) is 0. The molecule has 0 radical (unpaired) electrons. The number of carbonyl (C=O) groups is 1. The standard InChI is InChI=1S/C14H17N3O6S/c1-9(14(18)22-8-13-15-10(2)16-23-13)17-24(19,20)12-6-4-11(21-3)5-7-12/h4-7,9,17H,8H2,1-3H3. The summed E-state index contributed by atoms with van der Waals surface area (Å²) in [5.74, 6) is 0.305. The number of nitrogens with zero attached hydrogens (tertiary/aromatic N) is 2. The van der Waals surface area contributed by atoms with Gasteiger partial charge >= 0.3 is 5.97 Å². The lowest BCUT2D eigenvalue weighted by atomic mass is 10.3. The van der Waals surface area contributed by atoms with Gasteiger partial charge in [0.05, 0.1) is 12.0 Å². The molecule has 1 unspecified atom stereocenters. The van der Waals surface area contributed by atoms with E-state index in [2.05, 4.69) is 14.9 Å². The van der Waals surface area contributed by atoms with Gasteiger partial charge in [0.25, 0.3) is 5.89 Å². The van der Waals surface area contributed by atoms with Crippen molar-refractivity contribution in [3.8, 4) is 5.75 Å². The van der Waals surface area contributed by atoms with Gasteiger partial charge in [0.15, 0.2) is 12.4 Å². The zero-order valence-electron chi connectivity index (χ0n) is 13.3. The normalized spacial score (nSPS) is 12.6. The molecule has 1 N–H and O–H groups in total. The third kappa shape index (κ3) is 4.52. The number of methoxy groups -OCH3 is 1. The Balaban J connectivity index is 1.95. The van der Waals surface area contributed by atoms with Crippen molar-refractivity contribution in [1.82, 2.24) is 14.9 Å². The van der Waals surface area contributed by atoms with Crippen LogP contribution in [-0.2, 0) is 26.2 Å². The minimum Gasteiger partial charge on any atom is -0.497 e. The van der Waals surface area contributed by atoms with E-state index in [1.807, 2.05) is 0 Å². The van der Waals surface area contributed by atoms with Crippen LogP contribution in [0.5, 0.6) is 5.75 Å². The predicted octanol–water partition coefficient (Wildman–Crippen LogP) is 0.797. The molecule has 24 heavy (non-hydrogen) atoms. The quantitative estimate of drug-likeness (QED) is 0.724. The fourth-order valence-electron chi connectivity index (χ4n) is 1.76. The van der Waals surface area contributed by atoms with Crippen LogP contribution in [0.25, 0.3) is 0 Å². The van der Waals surface area contributed by atoms with Crippen molar-refractivity contribution in [3.63, 3.8) is 0 Å². The van der Waals surface area contributed by atoms with E-state index < -0.39 is 22.0 Å². The summed E-state index contributed by atoms with van der Waals surface area (Å²) in [5, 5.41) is 3.55. The summed E-state index contributed by atoms with van der Waals surface area (Å²) in [5.41, 5.74) is 0. The number of carbonyl (C=O) groups excluding carboxylic acids is 1. The van der Waals surface area contributed by atoms with Gasteiger partial charge in [0.1, 0.15) is 11.8 Å². The first-order valence-corrected chi connectivity index (χ1v) is 8.42. The average molecular weight is 355 g/mol. The molecule has 0 saturated carbocycles. The molecule has 0 saturated heterocycles. The van der Waals surface area contributed by atoms with Crippen LogP contribution >= 0.6 is 0 Å². The number of hydrogen-bond donors (Lipinski definition) is 1. The van der Waals surface area contributed by atoms with Gasteiger partial charge in [-0.1, -0.05) is 5.16 Å². The molecular formula is C14H17N3O6S. The van der Waals surface area contributed by atoms with E-state index in [-0.39, 0.29) is 17.4 Å². The first kappa shape index (κ1) is 17.9. The van der Waals surface area contributed by atoms with Crippen LogP contribution in [0.15, 0.2) is 33.7 Å². The fourth-order valence-corrected chi connectivity index (χ4v) is 2.95. The van der Waals surface area contributed by atoms with Crippen molar-refractivity contribution in [2.75, 3.05) is 7.11 Å². The van der Waals surface area contributed by atoms with Crippen LogP contribution in [0.1, 0.15) is 18.6 Å². The van der Waals surface area contributed by atoms with Gasteiger partial charge in [-0.05, 0) is 38.1 Å². The number of esters is 1. The van der Waals surface area contributed by atoms with E-state index in [4.69, 9.17) is 14.0 Å². The maximum Gasteiger partial charge on any atom is 0.324 e. The zero-order chi connectivity index (χ0) is 17.7. The molecule has 0 aliphatic carbocycles. The van der Waals surface area contributed by atoms with E-state index in [1.165, 1.54) is 38.3 Å². The lowest BCUT2D eigenvalue weighted by Crippen LogP contribution is -2.39. The Labute approximate surface area is 139 Å². The number of aromatic nitrogens is 2. The Morgan fingerprint density at radius 1 is 1.33 bits per heavy atom. The van der Waals surface area contributed by atoms with Crippen molar-refractivity contribution in [2.45, 2.75) is 31.4 Å². The van der Waals surface area contributed by atoms with Crippen LogP contribution in [0, 0.1) is 6.92 Å².